The predicted octanol–water partition coefficient (Wildman–Crippen LogP) is 3.07. The van der Waals surface area contributed by atoms with Crippen molar-refractivity contribution in [3.05, 3.63) is 65.2 Å². The summed E-state index contributed by atoms with van der Waals surface area (Å²) < 4.78 is 5.13. The molecular formula is C17H21N3O. The SMILES string of the molecule is COCc1cccc(CN=C(N)Nc2cccc(C)c2)c1. The van der Waals surface area contributed by atoms with Crippen LogP contribution >= 0.6 is 0 Å². The van der Waals surface area contributed by atoms with Crippen LogP contribution in [0.15, 0.2) is 53.5 Å². The van der Waals surface area contributed by atoms with Crippen molar-refractivity contribution >= 4 is 11.6 Å². The quantitative estimate of drug-likeness (QED) is 0.655. The molecule has 0 unspecified atom stereocenters. The number of aliphatic imine (C=N–C) groups is 1. The first-order valence-electron chi connectivity index (χ1n) is 6.88. The zero-order chi connectivity index (χ0) is 15.1. The summed E-state index contributed by atoms with van der Waals surface area (Å²) in [6, 6.07) is 16.2. The van der Waals surface area contributed by atoms with Gasteiger partial charge in [0.2, 0.25) is 0 Å². The van der Waals surface area contributed by atoms with Crippen molar-refractivity contribution < 1.29 is 4.74 Å². The van der Waals surface area contributed by atoms with Crippen molar-refractivity contribution in [3.63, 3.8) is 0 Å². The van der Waals surface area contributed by atoms with E-state index in [4.69, 9.17) is 10.5 Å². The average Bonchev–Trinajstić information content (AvgIpc) is 2.46. The fourth-order valence-electron chi connectivity index (χ4n) is 2.07. The van der Waals surface area contributed by atoms with Crippen LogP contribution in [0.2, 0.25) is 0 Å². The lowest BCUT2D eigenvalue weighted by atomic mass is 10.1. The largest absolute Gasteiger partial charge is 0.380 e. The van der Waals surface area contributed by atoms with E-state index < -0.39 is 0 Å². The van der Waals surface area contributed by atoms with E-state index in [1.807, 2.05) is 49.4 Å². The van der Waals surface area contributed by atoms with Crippen LogP contribution < -0.4 is 11.1 Å². The van der Waals surface area contributed by atoms with E-state index in [1.54, 1.807) is 7.11 Å². The van der Waals surface area contributed by atoms with E-state index in [0.717, 1.165) is 16.8 Å². The summed E-state index contributed by atoms with van der Waals surface area (Å²) in [6.45, 7) is 3.19. The number of nitrogens with two attached hydrogens (primary N) is 1. The van der Waals surface area contributed by atoms with Crippen molar-refractivity contribution in [1.82, 2.24) is 0 Å². The molecule has 0 aliphatic carbocycles. The Morgan fingerprint density at radius 1 is 1.14 bits per heavy atom. The Morgan fingerprint density at radius 2 is 1.90 bits per heavy atom. The van der Waals surface area contributed by atoms with Gasteiger partial charge in [0.05, 0.1) is 13.2 Å². The molecule has 4 heteroatoms. The number of benzene rings is 2. The lowest BCUT2D eigenvalue weighted by molar-refractivity contribution is 0.185. The Hall–Kier alpha value is -2.33. The highest BCUT2D eigenvalue weighted by atomic mass is 16.5. The third-order valence-corrected chi connectivity index (χ3v) is 3.02. The Balaban J connectivity index is 1.98. The minimum absolute atomic E-state index is 0.415. The van der Waals surface area contributed by atoms with Crippen molar-refractivity contribution in [1.29, 1.82) is 0 Å². The van der Waals surface area contributed by atoms with Gasteiger partial charge in [-0.05, 0) is 35.7 Å². The number of nitrogens with zero attached hydrogens (tertiary/aromatic N) is 1. The fraction of sp³-hybridized carbons (Fsp3) is 0.235. The first-order valence-corrected chi connectivity index (χ1v) is 6.88. The van der Waals surface area contributed by atoms with Gasteiger partial charge < -0.3 is 15.8 Å². The zero-order valence-corrected chi connectivity index (χ0v) is 12.5. The van der Waals surface area contributed by atoms with E-state index in [0.29, 0.717) is 19.1 Å². The number of anilines is 1. The molecule has 0 bridgehead atoms. The summed E-state index contributed by atoms with van der Waals surface area (Å²) in [4.78, 5) is 4.36. The molecule has 0 aliphatic rings. The molecule has 3 N–H and O–H groups in total. The summed E-state index contributed by atoms with van der Waals surface area (Å²) in [6.07, 6.45) is 0. The van der Waals surface area contributed by atoms with Crippen molar-refractivity contribution in [2.24, 2.45) is 10.7 Å². The summed E-state index contributed by atoms with van der Waals surface area (Å²) in [5.74, 6) is 0.415. The Labute approximate surface area is 125 Å². The van der Waals surface area contributed by atoms with E-state index in [-0.39, 0.29) is 0 Å². The molecule has 0 radical (unpaired) electrons. The van der Waals surface area contributed by atoms with Crippen molar-refractivity contribution in [3.8, 4) is 0 Å². The normalized spacial score (nSPS) is 11.4. The summed E-state index contributed by atoms with van der Waals surface area (Å²) in [7, 11) is 1.69. The molecule has 2 rings (SSSR count). The molecule has 0 amide bonds. The standard InChI is InChI=1S/C17H21N3O/c1-13-5-3-8-16(9-13)20-17(18)19-11-14-6-4-7-15(10-14)12-21-2/h3-10H,11-12H2,1-2H3,(H3,18,19,20). The highest BCUT2D eigenvalue weighted by Crippen LogP contribution is 2.10. The molecule has 0 spiro atoms. The molecule has 110 valence electrons. The van der Waals surface area contributed by atoms with E-state index in [1.165, 1.54) is 5.56 Å². The minimum Gasteiger partial charge on any atom is -0.380 e. The van der Waals surface area contributed by atoms with Gasteiger partial charge in [-0.3, -0.25) is 0 Å². The van der Waals surface area contributed by atoms with Gasteiger partial charge in [0, 0.05) is 12.8 Å². The van der Waals surface area contributed by atoms with Crippen LogP contribution in [0.25, 0.3) is 0 Å². The summed E-state index contributed by atoms with van der Waals surface area (Å²) in [5.41, 5.74) is 10.3. The molecule has 0 aliphatic heterocycles. The van der Waals surface area contributed by atoms with Gasteiger partial charge in [-0.25, -0.2) is 4.99 Å². The molecule has 0 aromatic heterocycles. The lowest BCUT2D eigenvalue weighted by Gasteiger charge is -2.07. The van der Waals surface area contributed by atoms with E-state index in [9.17, 15) is 0 Å². The molecule has 0 saturated heterocycles. The maximum absolute atomic E-state index is 5.91. The number of aryl methyl sites for hydroxylation is 1. The first-order chi connectivity index (χ1) is 10.2. The average molecular weight is 283 g/mol. The van der Waals surface area contributed by atoms with Gasteiger partial charge in [0.1, 0.15) is 0 Å². The van der Waals surface area contributed by atoms with Crippen LogP contribution in [0, 0.1) is 6.92 Å². The number of ether oxygens (including phenoxy) is 1. The number of rotatable bonds is 5. The molecule has 2 aromatic rings. The van der Waals surface area contributed by atoms with Crippen LogP contribution in [0.1, 0.15) is 16.7 Å². The van der Waals surface area contributed by atoms with Gasteiger partial charge in [0.25, 0.3) is 0 Å². The number of methoxy groups -OCH3 is 1. The summed E-state index contributed by atoms with van der Waals surface area (Å²) >= 11 is 0. The molecule has 0 fully saturated rings. The highest BCUT2D eigenvalue weighted by Gasteiger charge is 1.98. The molecule has 4 nitrogen and oxygen atoms in total. The number of guanidine groups is 1. The minimum atomic E-state index is 0.415. The smallest absolute Gasteiger partial charge is 0.193 e. The fourth-order valence-corrected chi connectivity index (χ4v) is 2.07. The van der Waals surface area contributed by atoms with Gasteiger partial charge >= 0.3 is 0 Å². The summed E-state index contributed by atoms with van der Waals surface area (Å²) in [5, 5.41) is 3.10. The number of nitrogens with one attached hydrogen (secondary N) is 1. The molecule has 2 aromatic carbocycles. The molecule has 0 saturated carbocycles. The Morgan fingerprint density at radius 3 is 2.67 bits per heavy atom. The molecule has 0 heterocycles. The third kappa shape index (κ3) is 4.93. The second-order valence-electron chi connectivity index (χ2n) is 4.95. The van der Waals surface area contributed by atoms with Crippen LogP contribution in [0.4, 0.5) is 5.69 Å². The molecule has 21 heavy (non-hydrogen) atoms. The zero-order valence-electron chi connectivity index (χ0n) is 12.5. The van der Waals surface area contributed by atoms with Crippen LogP contribution in [-0.2, 0) is 17.9 Å². The number of hydrogen-bond donors (Lipinski definition) is 2. The van der Waals surface area contributed by atoms with Gasteiger partial charge in [-0.15, -0.1) is 0 Å². The van der Waals surface area contributed by atoms with Gasteiger partial charge in [-0.1, -0.05) is 36.4 Å². The molecule has 0 atom stereocenters. The first kappa shape index (κ1) is 15.1. The van der Waals surface area contributed by atoms with Gasteiger partial charge in [0.15, 0.2) is 5.96 Å². The lowest BCUT2D eigenvalue weighted by Crippen LogP contribution is -2.22. The maximum Gasteiger partial charge on any atom is 0.193 e. The van der Waals surface area contributed by atoms with Crippen molar-refractivity contribution in [2.75, 3.05) is 12.4 Å². The van der Waals surface area contributed by atoms with Crippen molar-refractivity contribution in [2.45, 2.75) is 20.1 Å². The van der Waals surface area contributed by atoms with Gasteiger partial charge in [-0.2, -0.15) is 0 Å². The Kier molecular flexibility index (Phi) is 5.35. The second kappa shape index (κ2) is 7.45. The Bertz CT molecular complexity index is 623. The van der Waals surface area contributed by atoms with Crippen LogP contribution in [-0.4, -0.2) is 13.1 Å². The predicted molar refractivity (Wildman–Crippen MR) is 87.3 cm³/mol. The van der Waals surface area contributed by atoms with E-state index in [2.05, 4.69) is 16.4 Å². The second-order valence-corrected chi connectivity index (χ2v) is 4.95. The van der Waals surface area contributed by atoms with Crippen LogP contribution in [0.5, 0.6) is 0 Å². The van der Waals surface area contributed by atoms with E-state index >= 15 is 0 Å². The third-order valence-electron chi connectivity index (χ3n) is 3.02. The maximum atomic E-state index is 5.91. The number of hydrogen-bond acceptors (Lipinski definition) is 2. The monoisotopic (exact) mass is 283 g/mol. The molecular weight excluding hydrogens is 262 g/mol. The van der Waals surface area contributed by atoms with Crippen LogP contribution in [0.3, 0.4) is 0 Å². The highest BCUT2D eigenvalue weighted by molar-refractivity contribution is 5.92. The topological polar surface area (TPSA) is 59.6 Å².